The Morgan fingerprint density at radius 3 is 2.38 bits per heavy atom. The second-order valence-corrected chi connectivity index (χ2v) is 21.7. The van der Waals surface area contributed by atoms with Crippen LogP contribution in [0, 0.1) is 6.92 Å². The van der Waals surface area contributed by atoms with Crippen molar-refractivity contribution in [1.29, 1.82) is 0 Å². The number of imidazole rings is 1. The summed E-state index contributed by atoms with van der Waals surface area (Å²) in [4.78, 5) is 60.8. The Kier molecular flexibility index (Phi) is 13.6. The molecule has 1 atom stereocenters. The molecular weight excluding hydrogens is 882 g/mol. The highest BCUT2D eigenvalue weighted by atomic mass is 31.2. The third kappa shape index (κ3) is 9.97. The number of aryl methyl sites for hydroxylation is 3. The zero-order valence-corrected chi connectivity index (χ0v) is 40.8. The first-order chi connectivity index (χ1) is 32.8. The van der Waals surface area contributed by atoms with Gasteiger partial charge in [-0.2, -0.15) is 4.98 Å². The van der Waals surface area contributed by atoms with Crippen LogP contribution in [0.3, 0.4) is 0 Å². The SMILES string of the molecule is CCc1cc(Nc2ncc(-c3cn(C)c(C)n3)c(Nc3ccccc3P(C)(C)=O)n2)c(OC)cc1N1CCC(N2CCN(CCOc3ccc4c(c3)CN(C3CCC(=O)NC3=O)C4=O)CC2)CC1. The van der Waals surface area contributed by atoms with Crippen molar-refractivity contribution in [3.63, 3.8) is 0 Å². The Morgan fingerprint density at radius 1 is 0.897 bits per heavy atom. The average molecular weight is 944 g/mol. The number of aromatic nitrogens is 4. The molecule has 18 heteroatoms. The highest BCUT2D eigenvalue weighted by molar-refractivity contribution is 7.70. The van der Waals surface area contributed by atoms with Crippen LogP contribution in [0.5, 0.6) is 11.5 Å². The van der Waals surface area contributed by atoms with Gasteiger partial charge in [-0.05, 0) is 93.5 Å². The fourth-order valence-electron chi connectivity index (χ4n) is 9.93. The topological polar surface area (TPSA) is 179 Å². The molecule has 1 unspecified atom stereocenters. The van der Waals surface area contributed by atoms with E-state index in [9.17, 15) is 18.9 Å². The van der Waals surface area contributed by atoms with Gasteiger partial charge in [0.25, 0.3) is 5.91 Å². The Labute approximate surface area is 398 Å². The van der Waals surface area contributed by atoms with Crippen LogP contribution in [-0.4, -0.2) is 137 Å². The predicted octanol–water partition coefficient (Wildman–Crippen LogP) is 5.92. The number of nitrogens with one attached hydrogen (secondary N) is 3. The van der Waals surface area contributed by atoms with E-state index < -0.39 is 19.1 Å². The number of piperidine rings is 2. The van der Waals surface area contributed by atoms with E-state index in [1.165, 1.54) is 11.3 Å². The number of methoxy groups -OCH3 is 1. The Hall–Kier alpha value is -6.29. The summed E-state index contributed by atoms with van der Waals surface area (Å²) in [5.74, 6) is 2.32. The highest BCUT2D eigenvalue weighted by Gasteiger charge is 2.39. The number of nitrogens with zero attached hydrogens (tertiary/aromatic N) is 8. The van der Waals surface area contributed by atoms with Gasteiger partial charge in [0.05, 0.1) is 29.7 Å². The number of carbonyl (C=O) groups excluding carboxylic acids is 3. The highest BCUT2D eigenvalue weighted by Crippen LogP contribution is 2.41. The quantitative estimate of drug-likeness (QED) is 0.0832. The number of hydrogen-bond acceptors (Lipinski definition) is 14. The average Bonchev–Trinajstić information content (AvgIpc) is 3.84. The largest absolute Gasteiger partial charge is 0.494 e. The molecule has 3 N–H and O–H groups in total. The van der Waals surface area contributed by atoms with E-state index in [1.807, 2.05) is 61.1 Å². The molecule has 0 radical (unpaired) electrons. The maximum absolute atomic E-state index is 13.3. The Balaban J connectivity index is 0.791. The van der Waals surface area contributed by atoms with E-state index >= 15 is 0 Å². The van der Waals surface area contributed by atoms with E-state index in [0.717, 1.165) is 104 Å². The van der Waals surface area contributed by atoms with E-state index in [1.54, 1.807) is 37.6 Å². The van der Waals surface area contributed by atoms with Crippen molar-refractivity contribution in [2.45, 2.75) is 64.6 Å². The normalized spacial score (nSPS) is 18.4. The van der Waals surface area contributed by atoms with Crippen LogP contribution in [0.4, 0.5) is 28.8 Å². The van der Waals surface area contributed by atoms with Crippen LogP contribution < -0.4 is 35.6 Å². The van der Waals surface area contributed by atoms with E-state index in [4.69, 9.17) is 24.4 Å². The van der Waals surface area contributed by atoms with Crippen molar-refractivity contribution in [3.8, 4) is 22.8 Å². The number of imide groups is 1. The van der Waals surface area contributed by atoms with Gasteiger partial charge in [0, 0.05) is 107 Å². The molecule has 6 heterocycles. The van der Waals surface area contributed by atoms with Crippen LogP contribution in [0.1, 0.15) is 59.9 Å². The fraction of sp³-hybridized carbons (Fsp3) is 0.440. The first-order valence-electron chi connectivity index (χ1n) is 23.6. The minimum Gasteiger partial charge on any atom is -0.494 e. The molecule has 0 spiro atoms. The number of benzene rings is 3. The lowest BCUT2D eigenvalue weighted by Gasteiger charge is -2.43. The molecule has 5 aromatic rings. The van der Waals surface area contributed by atoms with Crippen molar-refractivity contribution in [2.75, 3.05) is 88.4 Å². The summed E-state index contributed by atoms with van der Waals surface area (Å²) >= 11 is 0. The minimum atomic E-state index is -2.61. The van der Waals surface area contributed by atoms with Gasteiger partial charge in [-0.3, -0.25) is 29.5 Å². The molecule has 3 fully saturated rings. The van der Waals surface area contributed by atoms with Gasteiger partial charge in [-0.25, -0.2) is 9.97 Å². The van der Waals surface area contributed by atoms with Gasteiger partial charge in [0.2, 0.25) is 17.8 Å². The van der Waals surface area contributed by atoms with Crippen molar-refractivity contribution >= 4 is 59.0 Å². The lowest BCUT2D eigenvalue weighted by atomic mass is 9.99. The van der Waals surface area contributed by atoms with Crippen LogP contribution in [-0.2, 0) is 34.2 Å². The monoisotopic (exact) mass is 943 g/mol. The molecule has 4 aliphatic rings. The summed E-state index contributed by atoms with van der Waals surface area (Å²) in [7, 11) is 1.03. The zero-order chi connectivity index (χ0) is 47.7. The third-order valence-electron chi connectivity index (χ3n) is 13.8. The number of anilines is 5. The number of fused-ring (bicyclic) bond motifs is 1. The van der Waals surface area contributed by atoms with E-state index in [0.29, 0.717) is 54.4 Å². The van der Waals surface area contributed by atoms with Crippen LogP contribution >= 0.6 is 7.14 Å². The molecule has 0 saturated carbocycles. The molecule has 3 saturated heterocycles. The van der Waals surface area contributed by atoms with E-state index in [2.05, 4.69) is 49.7 Å². The molecule has 0 aliphatic carbocycles. The summed E-state index contributed by atoms with van der Waals surface area (Å²) in [6.45, 7) is 15.3. The molecule has 3 aromatic carbocycles. The summed E-state index contributed by atoms with van der Waals surface area (Å²) in [5, 5.41) is 10.0. The molecule has 3 amide bonds. The third-order valence-corrected chi connectivity index (χ3v) is 15.4. The van der Waals surface area contributed by atoms with Gasteiger partial charge in [-0.15, -0.1) is 0 Å². The number of carbonyl (C=O) groups is 3. The molecule has 4 aliphatic heterocycles. The number of piperazine rings is 1. The van der Waals surface area contributed by atoms with Crippen molar-refractivity contribution in [2.24, 2.45) is 7.05 Å². The first kappa shape index (κ1) is 46.8. The molecule has 9 rings (SSSR count). The number of amides is 3. The maximum Gasteiger partial charge on any atom is 0.255 e. The van der Waals surface area contributed by atoms with Crippen LogP contribution in [0.2, 0.25) is 0 Å². The smallest absolute Gasteiger partial charge is 0.255 e. The number of hydrogen-bond donors (Lipinski definition) is 3. The zero-order valence-electron chi connectivity index (χ0n) is 39.9. The van der Waals surface area contributed by atoms with Gasteiger partial charge in [-0.1, -0.05) is 19.1 Å². The predicted molar refractivity (Wildman–Crippen MR) is 265 cm³/mol. The van der Waals surface area contributed by atoms with Gasteiger partial charge >= 0.3 is 0 Å². The van der Waals surface area contributed by atoms with Gasteiger partial charge < -0.3 is 39.0 Å². The molecule has 2 aromatic heterocycles. The molecular formula is C50H62N11O6P. The van der Waals surface area contributed by atoms with Crippen molar-refractivity contribution in [1.82, 2.24) is 39.5 Å². The maximum atomic E-state index is 13.3. The molecule has 358 valence electrons. The summed E-state index contributed by atoms with van der Waals surface area (Å²) < 4.78 is 27.4. The lowest BCUT2D eigenvalue weighted by Crippen LogP contribution is -2.53. The first-order valence-corrected chi connectivity index (χ1v) is 26.2. The van der Waals surface area contributed by atoms with E-state index in [-0.39, 0.29) is 18.2 Å². The Bertz CT molecular complexity index is 2740. The summed E-state index contributed by atoms with van der Waals surface area (Å²) in [6.07, 6.45) is 7.29. The molecule has 68 heavy (non-hydrogen) atoms. The molecule has 17 nitrogen and oxygen atoms in total. The van der Waals surface area contributed by atoms with Gasteiger partial charge in [0.15, 0.2) is 0 Å². The second-order valence-electron chi connectivity index (χ2n) is 18.6. The summed E-state index contributed by atoms with van der Waals surface area (Å²) in [5.41, 5.74) is 6.76. The summed E-state index contributed by atoms with van der Waals surface area (Å²) in [6, 6.07) is 17.3. The van der Waals surface area contributed by atoms with Crippen molar-refractivity contribution in [3.05, 3.63) is 89.5 Å². The van der Waals surface area contributed by atoms with Crippen LogP contribution in [0.25, 0.3) is 11.3 Å². The number of rotatable bonds is 15. The second kappa shape index (κ2) is 19.7. The Morgan fingerprint density at radius 2 is 1.68 bits per heavy atom. The number of para-hydroxylation sites is 1. The lowest BCUT2D eigenvalue weighted by molar-refractivity contribution is -0.136. The fourth-order valence-corrected chi connectivity index (χ4v) is 11.1. The van der Waals surface area contributed by atoms with Crippen LogP contribution in [0.15, 0.2) is 67.0 Å². The molecule has 0 bridgehead atoms. The number of ether oxygens (including phenoxy) is 2. The van der Waals surface area contributed by atoms with Gasteiger partial charge in [0.1, 0.15) is 42.9 Å². The minimum absolute atomic E-state index is 0.181. The standard InChI is InChI=1S/C50H62N11O6P/c1-7-33-27-40(54-50-51-29-38(41-31-57(3)32(2)52-41)47(56-50)53-39-10-8-9-11-45(39)68(5,6)65)44(66-4)28-43(33)60-18-16-35(17-19-60)59-22-20-58(21-23-59)24-25-67-36-12-13-37-34(26-36)30-61(49(37)64)42-14-15-46(62)55-48(42)63/h8-13,26-29,31,35,42H,7,14-25,30H2,1-6H3,(H,55,62,63)(H2,51,53,54,56). The van der Waals surface area contributed by atoms with Crippen molar-refractivity contribution < 1.29 is 28.4 Å².